The van der Waals surface area contributed by atoms with E-state index in [0.29, 0.717) is 18.2 Å². The summed E-state index contributed by atoms with van der Waals surface area (Å²) in [4.78, 5) is 15.7. The van der Waals surface area contributed by atoms with Crippen molar-refractivity contribution < 1.29 is 4.79 Å². The molecule has 18 heavy (non-hydrogen) atoms. The minimum atomic E-state index is 0.0675. The van der Waals surface area contributed by atoms with Crippen molar-refractivity contribution in [3.05, 3.63) is 23.8 Å². The molecule has 0 bridgehead atoms. The molecule has 0 spiro atoms. The molecule has 1 aromatic rings. The predicted octanol–water partition coefficient (Wildman–Crippen LogP) is 2.14. The van der Waals surface area contributed by atoms with Crippen LogP contribution >= 0.6 is 0 Å². The molecule has 1 amide bonds. The Morgan fingerprint density at radius 3 is 2.78 bits per heavy atom. The van der Waals surface area contributed by atoms with Gasteiger partial charge in [-0.15, -0.1) is 0 Å². The summed E-state index contributed by atoms with van der Waals surface area (Å²) < 4.78 is 0. The second kappa shape index (κ2) is 4.69. The van der Waals surface area contributed by atoms with Crippen molar-refractivity contribution in [3.8, 4) is 6.07 Å². The summed E-state index contributed by atoms with van der Waals surface area (Å²) in [5.41, 5.74) is 2.44. The molecule has 0 aromatic heterocycles. The number of benzene rings is 1. The van der Waals surface area contributed by atoms with Gasteiger partial charge in [0.1, 0.15) is 0 Å². The third-order valence-electron chi connectivity index (χ3n) is 3.58. The van der Waals surface area contributed by atoms with Crippen molar-refractivity contribution in [3.63, 3.8) is 0 Å². The van der Waals surface area contributed by atoms with Crippen LogP contribution in [0.15, 0.2) is 18.2 Å². The van der Waals surface area contributed by atoms with Crippen LogP contribution in [-0.4, -0.2) is 25.5 Å². The van der Waals surface area contributed by atoms with E-state index >= 15 is 0 Å². The van der Waals surface area contributed by atoms with E-state index in [2.05, 4.69) is 24.8 Å². The van der Waals surface area contributed by atoms with Crippen molar-refractivity contribution in [1.82, 2.24) is 0 Å². The van der Waals surface area contributed by atoms with E-state index in [1.165, 1.54) is 0 Å². The lowest BCUT2D eigenvalue weighted by Crippen LogP contribution is -2.47. The summed E-state index contributed by atoms with van der Waals surface area (Å²) in [5, 5.41) is 8.95. The SMILES string of the molecule is CCC(C)N1CC(=O)N(C)c2cc(C#N)ccc21. The quantitative estimate of drug-likeness (QED) is 0.799. The van der Waals surface area contributed by atoms with Crippen LogP contribution in [0.5, 0.6) is 0 Å². The minimum absolute atomic E-state index is 0.0675. The van der Waals surface area contributed by atoms with Gasteiger partial charge in [0.2, 0.25) is 5.91 Å². The number of nitrogens with zero attached hydrogens (tertiary/aromatic N) is 3. The van der Waals surface area contributed by atoms with Crippen LogP contribution in [0.3, 0.4) is 0 Å². The average molecular weight is 243 g/mol. The van der Waals surface area contributed by atoms with E-state index in [0.717, 1.165) is 17.8 Å². The van der Waals surface area contributed by atoms with Gasteiger partial charge in [-0.1, -0.05) is 6.92 Å². The smallest absolute Gasteiger partial charge is 0.246 e. The first-order valence-electron chi connectivity index (χ1n) is 6.15. The summed E-state index contributed by atoms with van der Waals surface area (Å²) in [6, 6.07) is 7.94. The van der Waals surface area contributed by atoms with Crippen molar-refractivity contribution in [1.29, 1.82) is 5.26 Å². The highest BCUT2D eigenvalue weighted by molar-refractivity contribution is 6.03. The number of nitriles is 1. The Kier molecular flexibility index (Phi) is 3.24. The number of rotatable bonds is 2. The topological polar surface area (TPSA) is 47.3 Å². The van der Waals surface area contributed by atoms with Crippen molar-refractivity contribution in [2.45, 2.75) is 26.3 Å². The summed E-state index contributed by atoms with van der Waals surface area (Å²) in [5.74, 6) is 0.0675. The van der Waals surface area contributed by atoms with Gasteiger partial charge in [-0.2, -0.15) is 5.26 Å². The van der Waals surface area contributed by atoms with Gasteiger partial charge in [-0.05, 0) is 31.5 Å². The fourth-order valence-corrected chi connectivity index (χ4v) is 2.19. The first-order chi connectivity index (χ1) is 8.58. The van der Waals surface area contributed by atoms with Crippen molar-refractivity contribution in [2.24, 2.45) is 0 Å². The number of hydrogen-bond donors (Lipinski definition) is 0. The number of carbonyl (C=O) groups is 1. The van der Waals surface area contributed by atoms with Gasteiger partial charge >= 0.3 is 0 Å². The standard InChI is InChI=1S/C14H17N3O/c1-4-10(2)17-9-14(18)16(3)13-7-11(8-15)5-6-12(13)17/h5-7,10H,4,9H2,1-3H3. The number of amides is 1. The molecule has 1 heterocycles. The Morgan fingerprint density at radius 1 is 1.44 bits per heavy atom. The maximum atomic E-state index is 12.0. The van der Waals surface area contributed by atoms with Crippen molar-refractivity contribution in [2.75, 3.05) is 23.4 Å². The Bertz CT molecular complexity index is 518. The van der Waals surface area contributed by atoms with E-state index in [1.54, 1.807) is 24.1 Å². The maximum absolute atomic E-state index is 12.0. The Balaban J connectivity index is 2.52. The monoisotopic (exact) mass is 243 g/mol. The molecular weight excluding hydrogens is 226 g/mol. The van der Waals surface area contributed by atoms with Gasteiger partial charge in [0, 0.05) is 13.1 Å². The molecule has 1 aromatic carbocycles. The highest BCUT2D eigenvalue weighted by atomic mass is 16.2. The van der Waals surface area contributed by atoms with Gasteiger partial charge < -0.3 is 9.80 Å². The second-order valence-corrected chi connectivity index (χ2v) is 4.65. The lowest BCUT2D eigenvalue weighted by molar-refractivity contribution is -0.117. The van der Waals surface area contributed by atoms with Crippen LogP contribution in [0.1, 0.15) is 25.8 Å². The molecular formula is C14H17N3O. The molecule has 2 rings (SSSR count). The zero-order valence-corrected chi connectivity index (χ0v) is 11.0. The molecule has 94 valence electrons. The second-order valence-electron chi connectivity index (χ2n) is 4.65. The van der Waals surface area contributed by atoms with Gasteiger partial charge in [0.05, 0.1) is 29.6 Å². The molecule has 1 atom stereocenters. The summed E-state index contributed by atoms with van der Waals surface area (Å²) in [6.45, 7) is 4.63. The molecule has 1 unspecified atom stereocenters. The molecule has 1 aliphatic heterocycles. The largest absolute Gasteiger partial charge is 0.358 e. The number of hydrogen-bond acceptors (Lipinski definition) is 3. The molecule has 1 aliphatic rings. The normalized spacial score (nSPS) is 16.2. The third-order valence-corrected chi connectivity index (χ3v) is 3.58. The van der Waals surface area contributed by atoms with Crippen LogP contribution in [0.2, 0.25) is 0 Å². The molecule has 4 heteroatoms. The molecule has 0 saturated heterocycles. The third kappa shape index (κ3) is 1.92. The van der Waals surface area contributed by atoms with Crippen molar-refractivity contribution >= 4 is 17.3 Å². The minimum Gasteiger partial charge on any atom is -0.358 e. The fraction of sp³-hybridized carbons (Fsp3) is 0.429. The van der Waals surface area contributed by atoms with E-state index in [4.69, 9.17) is 5.26 Å². The van der Waals surface area contributed by atoms with Crippen LogP contribution in [-0.2, 0) is 4.79 Å². The summed E-state index contributed by atoms with van der Waals surface area (Å²) in [7, 11) is 1.76. The zero-order chi connectivity index (χ0) is 13.3. The van der Waals surface area contributed by atoms with Crippen LogP contribution in [0, 0.1) is 11.3 Å². The summed E-state index contributed by atoms with van der Waals surface area (Å²) in [6.07, 6.45) is 0.983. The Labute approximate surface area is 107 Å². The zero-order valence-electron chi connectivity index (χ0n) is 11.0. The van der Waals surface area contributed by atoms with E-state index in [9.17, 15) is 4.79 Å². The number of carbonyl (C=O) groups excluding carboxylic acids is 1. The first-order valence-corrected chi connectivity index (χ1v) is 6.15. The van der Waals surface area contributed by atoms with E-state index in [-0.39, 0.29) is 5.91 Å². The predicted molar refractivity (Wildman–Crippen MR) is 71.7 cm³/mol. The highest BCUT2D eigenvalue weighted by Crippen LogP contribution is 2.35. The fourth-order valence-electron chi connectivity index (χ4n) is 2.19. The molecule has 0 N–H and O–H groups in total. The van der Waals surface area contributed by atoms with Crippen LogP contribution in [0.25, 0.3) is 0 Å². The first kappa shape index (κ1) is 12.4. The molecule has 0 aliphatic carbocycles. The molecule has 0 radical (unpaired) electrons. The summed E-state index contributed by atoms with van der Waals surface area (Å²) >= 11 is 0. The number of anilines is 2. The van der Waals surface area contributed by atoms with E-state index in [1.807, 2.05) is 6.07 Å². The average Bonchev–Trinajstić information content (AvgIpc) is 2.41. The number of fused-ring (bicyclic) bond motifs is 1. The Morgan fingerprint density at radius 2 is 2.17 bits per heavy atom. The van der Waals surface area contributed by atoms with Gasteiger partial charge in [-0.3, -0.25) is 4.79 Å². The van der Waals surface area contributed by atoms with Gasteiger partial charge in [-0.25, -0.2) is 0 Å². The van der Waals surface area contributed by atoms with Crippen LogP contribution in [0.4, 0.5) is 11.4 Å². The number of likely N-dealkylation sites (N-methyl/N-ethyl adjacent to an activating group) is 1. The molecule has 4 nitrogen and oxygen atoms in total. The lowest BCUT2D eigenvalue weighted by atomic mass is 10.1. The maximum Gasteiger partial charge on any atom is 0.246 e. The van der Waals surface area contributed by atoms with Gasteiger partial charge in [0.15, 0.2) is 0 Å². The van der Waals surface area contributed by atoms with E-state index < -0.39 is 0 Å². The lowest BCUT2D eigenvalue weighted by Gasteiger charge is -2.39. The Hall–Kier alpha value is -2.02. The molecule has 0 saturated carbocycles. The van der Waals surface area contributed by atoms with Crippen LogP contribution < -0.4 is 9.80 Å². The highest BCUT2D eigenvalue weighted by Gasteiger charge is 2.29. The van der Waals surface area contributed by atoms with Gasteiger partial charge in [0.25, 0.3) is 0 Å². The molecule has 0 fully saturated rings.